The summed E-state index contributed by atoms with van der Waals surface area (Å²) in [7, 11) is 0. The molecule has 0 radical (unpaired) electrons. The van der Waals surface area contributed by atoms with Crippen molar-refractivity contribution in [2.45, 2.75) is 13.0 Å². The highest BCUT2D eigenvalue weighted by atomic mass is 14.9. The van der Waals surface area contributed by atoms with Crippen LogP contribution >= 0.6 is 0 Å². The summed E-state index contributed by atoms with van der Waals surface area (Å²) in [6.45, 7) is 1.85. The minimum absolute atomic E-state index is 0.865. The van der Waals surface area contributed by atoms with Crippen molar-refractivity contribution in [3.63, 3.8) is 0 Å². The number of fused-ring (bicyclic) bond motifs is 3. The van der Waals surface area contributed by atoms with E-state index < -0.39 is 0 Å². The lowest BCUT2D eigenvalue weighted by Crippen LogP contribution is -2.03. The monoisotopic (exact) mass is 171 g/mol. The lowest BCUT2D eigenvalue weighted by molar-refractivity contribution is 0.895. The third kappa shape index (κ3) is 0.988. The van der Waals surface area contributed by atoms with Crippen LogP contribution in [0.5, 0.6) is 0 Å². The average molecular weight is 171 g/mol. The van der Waals surface area contributed by atoms with Crippen molar-refractivity contribution in [3.05, 3.63) is 40.8 Å². The number of aromatic nitrogens is 1. The molecule has 0 unspecified atom stereocenters. The Morgan fingerprint density at radius 3 is 3.15 bits per heavy atom. The Kier molecular flexibility index (Phi) is 1.43. The summed E-state index contributed by atoms with van der Waals surface area (Å²) in [6.07, 6.45) is 1.10. The van der Waals surface area contributed by atoms with E-state index >= 15 is 0 Å². The van der Waals surface area contributed by atoms with Crippen molar-refractivity contribution in [1.82, 2.24) is 4.98 Å². The van der Waals surface area contributed by atoms with Crippen molar-refractivity contribution < 1.29 is 0 Å². The predicted molar refractivity (Wildman–Crippen MR) is 53.9 cm³/mol. The van der Waals surface area contributed by atoms with Crippen LogP contribution < -0.4 is 0 Å². The van der Waals surface area contributed by atoms with E-state index in [9.17, 15) is 0 Å². The molecule has 2 heterocycles. The molecule has 66 valence electrons. The summed E-state index contributed by atoms with van der Waals surface area (Å²) >= 11 is 0. The predicted octanol–water partition coefficient (Wildman–Crippen LogP) is 2.60. The van der Waals surface area contributed by atoms with Gasteiger partial charge in [-0.1, -0.05) is 18.2 Å². The molecule has 0 bridgehead atoms. The van der Waals surface area contributed by atoms with Crippen molar-refractivity contribution in [1.29, 1.82) is 0 Å². The van der Waals surface area contributed by atoms with Crippen molar-refractivity contribution >= 4 is 10.9 Å². The van der Waals surface area contributed by atoms with Gasteiger partial charge in [-0.3, -0.25) is 0 Å². The lowest BCUT2D eigenvalue weighted by Gasteiger charge is -2.24. The molecule has 1 aromatic carbocycles. The molecular formula is C11H11N2-. The molecule has 1 N–H and O–H groups in total. The van der Waals surface area contributed by atoms with E-state index in [2.05, 4.69) is 34.6 Å². The van der Waals surface area contributed by atoms with E-state index in [0.717, 1.165) is 19.5 Å². The van der Waals surface area contributed by atoms with Crippen molar-refractivity contribution in [2.24, 2.45) is 0 Å². The summed E-state index contributed by atoms with van der Waals surface area (Å²) in [5.74, 6) is 0. The molecule has 1 aliphatic heterocycles. The number of para-hydroxylation sites is 1. The normalized spacial score (nSPS) is 16.0. The molecule has 3 rings (SSSR count). The first kappa shape index (κ1) is 7.15. The van der Waals surface area contributed by atoms with Crippen molar-refractivity contribution in [3.8, 4) is 0 Å². The zero-order chi connectivity index (χ0) is 8.67. The van der Waals surface area contributed by atoms with Crippen LogP contribution in [0.4, 0.5) is 0 Å². The van der Waals surface area contributed by atoms with Gasteiger partial charge in [0.15, 0.2) is 0 Å². The highest BCUT2D eigenvalue weighted by Gasteiger charge is 2.08. The van der Waals surface area contributed by atoms with Crippen LogP contribution in [-0.2, 0) is 13.0 Å². The van der Waals surface area contributed by atoms with E-state index in [4.69, 9.17) is 0 Å². The van der Waals surface area contributed by atoms with Crippen LogP contribution in [0.25, 0.3) is 16.2 Å². The molecule has 1 aromatic heterocycles. The molecule has 0 fully saturated rings. The fourth-order valence-corrected chi connectivity index (χ4v) is 2.06. The van der Waals surface area contributed by atoms with E-state index in [1.54, 1.807) is 0 Å². The Morgan fingerprint density at radius 1 is 1.23 bits per heavy atom. The summed E-state index contributed by atoms with van der Waals surface area (Å²) in [5, 5.41) is 5.76. The van der Waals surface area contributed by atoms with E-state index in [0.29, 0.717) is 0 Å². The average Bonchev–Trinajstić information content (AvgIpc) is 2.56. The molecule has 0 saturated carbocycles. The molecule has 0 atom stereocenters. The Morgan fingerprint density at radius 2 is 2.15 bits per heavy atom. The van der Waals surface area contributed by atoms with E-state index in [-0.39, 0.29) is 0 Å². The van der Waals surface area contributed by atoms with Crippen LogP contribution in [0, 0.1) is 0 Å². The maximum absolute atomic E-state index is 4.38. The minimum Gasteiger partial charge on any atom is -0.657 e. The van der Waals surface area contributed by atoms with Gasteiger partial charge in [-0.05, 0) is 23.7 Å². The van der Waals surface area contributed by atoms with E-state index in [1.807, 2.05) is 0 Å². The van der Waals surface area contributed by atoms with Gasteiger partial charge in [-0.15, -0.1) is 13.1 Å². The molecule has 2 heteroatoms. The third-order valence-electron chi connectivity index (χ3n) is 2.69. The number of nitrogens with one attached hydrogen (secondary N) is 1. The van der Waals surface area contributed by atoms with E-state index in [1.165, 1.54) is 22.2 Å². The number of hydrogen-bond acceptors (Lipinski definition) is 0. The first-order chi connectivity index (χ1) is 6.45. The lowest BCUT2D eigenvalue weighted by atomic mass is 10.1. The summed E-state index contributed by atoms with van der Waals surface area (Å²) < 4.78 is 0. The van der Waals surface area contributed by atoms with Gasteiger partial charge in [-0.25, -0.2) is 0 Å². The quantitative estimate of drug-likeness (QED) is 0.631. The van der Waals surface area contributed by atoms with Crippen LogP contribution in [0.15, 0.2) is 24.3 Å². The number of nitrogens with zero attached hydrogens (tertiary/aromatic N) is 1. The summed E-state index contributed by atoms with van der Waals surface area (Å²) in [6, 6.07) is 8.49. The van der Waals surface area contributed by atoms with Gasteiger partial charge in [0.25, 0.3) is 0 Å². The van der Waals surface area contributed by atoms with Gasteiger partial charge in [0.1, 0.15) is 0 Å². The fourth-order valence-electron chi connectivity index (χ4n) is 2.06. The number of aromatic amines is 1. The Bertz CT molecular complexity index is 442. The molecular weight excluding hydrogens is 160 g/mol. The van der Waals surface area contributed by atoms with Gasteiger partial charge in [0.2, 0.25) is 0 Å². The second-order valence-electron chi connectivity index (χ2n) is 3.48. The van der Waals surface area contributed by atoms with Crippen molar-refractivity contribution in [2.75, 3.05) is 6.54 Å². The Labute approximate surface area is 77.0 Å². The Balaban J connectivity index is 2.34. The molecule has 13 heavy (non-hydrogen) atoms. The molecule has 0 saturated heterocycles. The first-order valence-corrected chi connectivity index (χ1v) is 4.67. The molecule has 0 amide bonds. The second kappa shape index (κ2) is 2.60. The van der Waals surface area contributed by atoms with Gasteiger partial charge in [0.05, 0.1) is 0 Å². The van der Waals surface area contributed by atoms with Crippen LogP contribution in [0.3, 0.4) is 0 Å². The molecule has 0 spiro atoms. The van der Waals surface area contributed by atoms with Crippen LogP contribution in [0.2, 0.25) is 0 Å². The first-order valence-electron chi connectivity index (χ1n) is 4.67. The molecule has 2 nitrogen and oxygen atoms in total. The second-order valence-corrected chi connectivity index (χ2v) is 3.48. The van der Waals surface area contributed by atoms with Gasteiger partial charge < -0.3 is 10.3 Å². The zero-order valence-corrected chi connectivity index (χ0v) is 7.38. The topological polar surface area (TPSA) is 29.9 Å². The maximum Gasteiger partial charge on any atom is 0.0458 e. The van der Waals surface area contributed by atoms with Gasteiger partial charge in [0, 0.05) is 10.9 Å². The zero-order valence-electron chi connectivity index (χ0n) is 7.38. The number of hydrogen-bond donors (Lipinski definition) is 1. The number of rotatable bonds is 0. The maximum atomic E-state index is 4.38. The summed E-state index contributed by atoms with van der Waals surface area (Å²) in [5.41, 5.74) is 4.04. The summed E-state index contributed by atoms with van der Waals surface area (Å²) in [4.78, 5) is 3.42. The van der Waals surface area contributed by atoms with Gasteiger partial charge in [-0.2, -0.15) is 0 Å². The molecule has 2 aromatic rings. The highest BCUT2D eigenvalue weighted by Crippen LogP contribution is 2.27. The number of H-pyrrole nitrogens is 1. The van der Waals surface area contributed by atoms with Crippen LogP contribution in [0.1, 0.15) is 11.3 Å². The standard InChI is InChI=1S/C11H11N2/c1-2-4-10-8(3-1)9-5-6-12-7-11(9)13-10/h1-4,13H,5-7H2/q-1. The Hall–Kier alpha value is -1.28. The smallest absolute Gasteiger partial charge is 0.0458 e. The van der Waals surface area contributed by atoms with Crippen LogP contribution in [-0.4, -0.2) is 11.5 Å². The largest absolute Gasteiger partial charge is 0.657 e. The molecule has 1 aliphatic rings. The van der Waals surface area contributed by atoms with Gasteiger partial charge >= 0.3 is 0 Å². The molecule has 0 aliphatic carbocycles. The fraction of sp³-hybridized carbons (Fsp3) is 0.273. The third-order valence-corrected chi connectivity index (χ3v) is 2.69. The SMILES string of the molecule is c1ccc2c3c([nH]c2c1)C[N-]CC3. The number of benzene rings is 1. The minimum atomic E-state index is 0.865. The highest BCUT2D eigenvalue weighted by molar-refractivity contribution is 5.85.